The van der Waals surface area contributed by atoms with E-state index in [-0.39, 0.29) is 24.5 Å². The van der Waals surface area contributed by atoms with Crippen molar-refractivity contribution in [3.63, 3.8) is 0 Å². The van der Waals surface area contributed by atoms with Gasteiger partial charge in [0.25, 0.3) is 5.91 Å². The Balaban J connectivity index is 1.58. The summed E-state index contributed by atoms with van der Waals surface area (Å²) in [6.45, 7) is 5.57. The molecule has 7 nitrogen and oxygen atoms in total. The third kappa shape index (κ3) is 3.18. The fraction of sp³-hybridized carbons (Fsp3) is 0.450. The van der Waals surface area contributed by atoms with E-state index in [1.807, 2.05) is 44.2 Å². The van der Waals surface area contributed by atoms with Gasteiger partial charge in [0.2, 0.25) is 0 Å². The van der Waals surface area contributed by atoms with Crippen LogP contribution in [0.25, 0.3) is 0 Å². The number of cyclic esters (lactones) is 1. The fourth-order valence-electron chi connectivity index (χ4n) is 3.84. The van der Waals surface area contributed by atoms with Crippen molar-refractivity contribution in [1.29, 1.82) is 0 Å². The summed E-state index contributed by atoms with van der Waals surface area (Å²) < 4.78 is 10.6. The Morgan fingerprint density at radius 1 is 1.26 bits per heavy atom. The van der Waals surface area contributed by atoms with Crippen LogP contribution in [0.1, 0.15) is 41.6 Å². The van der Waals surface area contributed by atoms with E-state index in [9.17, 15) is 9.59 Å². The number of fused-ring (bicyclic) bond motifs is 1. The number of aromatic nitrogens is 1. The zero-order valence-electron chi connectivity index (χ0n) is 15.6. The van der Waals surface area contributed by atoms with E-state index in [0.29, 0.717) is 37.5 Å². The number of benzene rings is 1. The Morgan fingerprint density at radius 3 is 2.74 bits per heavy atom. The molecule has 2 aliphatic heterocycles. The topological polar surface area (TPSA) is 75.9 Å². The van der Waals surface area contributed by atoms with E-state index >= 15 is 0 Å². The average molecular weight is 369 g/mol. The van der Waals surface area contributed by atoms with Crippen molar-refractivity contribution in [2.24, 2.45) is 0 Å². The maximum absolute atomic E-state index is 13.0. The minimum absolute atomic E-state index is 0.168. The number of ether oxygens (including phenoxy) is 1. The summed E-state index contributed by atoms with van der Waals surface area (Å²) in [6, 6.07) is 11.7. The lowest BCUT2D eigenvalue weighted by Gasteiger charge is -2.44. The molecule has 0 bridgehead atoms. The summed E-state index contributed by atoms with van der Waals surface area (Å²) in [5, 5.41) is 3.94. The smallest absolute Gasteiger partial charge is 0.410 e. The number of hydrogen-bond donors (Lipinski definition) is 0. The number of hydrogen-bond acceptors (Lipinski definition) is 5. The van der Waals surface area contributed by atoms with Crippen LogP contribution in [0.5, 0.6) is 0 Å². The van der Waals surface area contributed by atoms with Crippen molar-refractivity contribution in [1.82, 2.24) is 15.0 Å². The van der Waals surface area contributed by atoms with Crippen LogP contribution < -0.4 is 0 Å². The third-order valence-corrected chi connectivity index (χ3v) is 5.32. The van der Waals surface area contributed by atoms with Gasteiger partial charge in [-0.2, -0.15) is 0 Å². The van der Waals surface area contributed by atoms with Crippen LogP contribution in [-0.2, 0) is 11.2 Å². The highest BCUT2D eigenvalue weighted by atomic mass is 16.6. The number of amides is 2. The van der Waals surface area contributed by atoms with Crippen LogP contribution in [0.3, 0.4) is 0 Å². The molecule has 1 atom stereocenters. The summed E-state index contributed by atoms with van der Waals surface area (Å²) in [7, 11) is 0. The number of rotatable bonds is 4. The molecule has 2 saturated heterocycles. The molecule has 0 saturated carbocycles. The van der Waals surface area contributed by atoms with Gasteiger partial charge < -0.3 is 14.2 Å². The summed E-state index contributed by atoms with van der Waals surface area (Å²) in [5.74, 6) is 0.689. The van der Waals surface area contributed by atoms with Gasteiger partial charge in [-0.3, -0.25) is 9.69 Å². The largest absolute Gasteiger partial charge is 0.447 e. The van der Waals surface area contributed by atoms with Crippen LogP contribution in [0.4, 0.5) is 4.79 Å². The van der Waals surface area contributed by atoms with E-state index in [1.165, 1.54) is 0 Å². The van der Waals surface area contributed by atoms with E-state index < -0.39 is 5.54 Å². The molecule has 2 aliphatic rings. The first-order valence-corrected chi connectivity index (χ1v) is 9.23. The number of carbonyl (C=O) groups is 2. The van der Waals surface area contributed by atoms with Crippen LogP contribution >= 0.6 is 0 Å². The lowest BCUT2D eigenvalue weighted by Crippen LogP contribution is -2.63. The van der Waals surface area contributed by atoms with E-state index in [4.69, 9.17) is 9.26 Å². The van der Waals surface area contributed by atoms with E-state index in [0.717, 1.165) is 5.56 Å². The zero-order chi connectivity index (χ0) is 19.0. The predicted octanol–water partition coefficient (Wildman–Crippen LogP) is 2.69. The van der Waals surface area contributed by atoms with Crippen molar-refractivity contribution in [3.05, 3.63) is 53.4 Å². The van der Waals surface area contributed by atoms with Gasteiger partial charge in [0, 0.05) is 38.0 Å². The second-order valence-corrected chi connectivity index (χ2v) is 7.59. The normalized spacial score (nSPS) is 22.1. The Labute approximate surface area is 157 Å². The summed E-state index contributed by atoms with van der Waals surface area (Å²) in [5.41, 5.74) is 0.877. The van der Waals surface area contributed by atoms with Gasteiger partial charge in [-0.1, -0.05) is 49.3 Å². The summed E-state index contributed by atoms with van der Waals surface area (Å²) >= 11 is 0. The van der Waals surface area contributed by atoms with Gasteiger partial charge in [-0.15, -0.1) is 0 Å². The van der Waals surface area contributed by atoms with E-state index in [1.54, 1.807) is 15.9 Å². The predicted molar refractivity (Wildman–Crippen MR) is 97.4 cm³/mol. The molecule has 1 aromatic carbocycles. The molecule has 0 spiro atoms. The molecule has 2 aromatic rings. The third-order valence-electron chi connectivity index (χ3n) is 5.32. The monoisotopic (exact) mass is 369 g/mol. The Hall–Kier alpha value is -2.83. The van der Waals surface area contributed by atoms with Crippen molar-refractivity contribution in [3.8, 4) is 0 Å². The molecule has 0 aliphatic carbocycles. The standard InChI is InChI=1S/C20H23N3O4/c1-14(2)17-10-16(21-27-17)18(24)22-8-9-23-19(25)26-13-20(23,12-22)11-15-6-4-3-5-7-15/h3-7,10,14H,8-9,11-13H2,1-2H3. The molecule has 2 amide bonds. The van der Waals surface area contributed by atoms with Crippen molar-refractivity contribution < 1.29 is 18.8 Å². The van der Waals surface area contributed by atoms with Gasteiger partial charge in [-0.05, 0) is 5.56 Å². The van der Waals surface area contributed by atoms with Gasteiger partial charge >= 0.3 is 6.09 Å². The maximum Gasteiger partial charge on any atom is 0.410 e. The first-order valence-electron chi connectivity index (χ1n) is 9.23. The zero-order valence-corrected chi connectivity index (χ0v) is 15.6. The minimum atomic E-state index is -0.545. The second kappa shape index (κ2) is 6.72. The fourth-order valence-corrected chi connectivity index (χ4v) is 3.84. The molecule has 0 radical (unpaired) electrons. The summed E-state index contributed by atoms with van der Waals surface area (Å²) in [6.07, 6.45) is 0.334. The lowest BCUT2D eigenvalue weighted by molar-refractivity contribution is 0.0368. The van der Waals surface area contributed by atoms with Gasteiger partial charge in [0.05, 0.1) is 0 Å². The highest BCUT2D eigenvalue weighted by Gasteiger charge is 2.51. The van der Waals surface area contributed by atoms with Crippen molar-refractivity contribution in [2.45, 2.75) is 31.7 Å². The van der Waals surface area contributed by atoms with Crippen LogP contribution in [0.15, 0.2) is 40.9 Å². The average Bonchev–Trinajstić information content (AvgIpc) is 3.28. The Morgan fingerprint density at radius 2 is 2.04 bits per heavy atom. The molecule has 27 heavy (non-hydrogen) atoms. The van der Waals surface area contributed by atoms with Gasteiger partial charge in [-0.25, -0.2) is 4.79 Å². The molecule has 142 valence electrons. The molecule has 1 aromatic heterocycles. The molecule has 2 fully saturated rings. The first kappa shape index (κ1) is 17.6. The maximum atomic E-state index is 13.0. The quantitative estimate of drug-likeness (QED) is 0.828. The SMILES string of the molecule is CC(C)c1cc(C(=O)N2CCN3C(=O)OCC3(Cc3ccccc3)C2)no1. The van der Waals surface area contributed by atoms with Crippen molar-refractivity contribution in [2.75, 3.05) is 26.2 Å². The molecular weight excluding hydrogens is 346 g/mol. The van der Waals surface area contributed by atoms with Crippen LogP contribution in [0, 0.1) is 0 Å². The number of nitrogens with zero attached hydrogens (tertiary/aromatic N) is 3. The number of carbonyl (C=O) groups excluding carboxylic acids is 2. The minimum Gasteiger partial charge on any atom is -0.447 e. The molecule has 1 unspecified atom stereocenters. The Bertz CT molecular complexity index is 848. The lowest BCUT2D eigenvalue weighted by atomic mass is 9.88. The summed E-state index contributed by atoms with van der Waals surface area (Å²) in [4.78, 5) is 28.7. The molecule has 3 heterocycles. The van der Waals surface area contributed by atoms with Crippen molar-refractivity contribution >= 4 is 12.0 Å². The highest BCUT2D eigenvalue weighted by Crippen LogP contribution is 2.33. The number of piperazine rings is 1. The molecular formula is C20H23N3O4. The second-order valence-electron chi connectivity index (χ2n) is 7.59. The van der Waals surface area contributed by atoms with Crippen LogP contribution in [-0.4, -0.2) is 58.7 Å². The first-order chi connectivity index (χ1) is 13.0. The highest BCUT2D eigenvalue weighted by molar-refractivity contribution is 5.92. The molecule has 7 heteroatoms. The molecule has 0 N–H and O–H groups in total. The van der Waals surface area contributed by atoms with Crippen LogP contribution in [0.2, 0.25) is 0 Å². The molecule has 4 rings (SSSR count). The van der Waals surface area contributed by atoms with Gasteiger partial charge in [0.15, 0.2) is 5.69 Å². The Kier molecular flexibility index (Phi) is 4.37. The van der Waals surface area contributed by atoms with Gasteiger partial charge in [0.1, 0.15) is 17.9 Å². The van der Waals surface area contributed by atoms with E-state index in [2.05, 4.69) is 5.16 Å².